The molecule has 1 aromatic heterocycles. The van der Waals surface area contributed by atoms with Crippen molar-refractivity contribution in [3.05, 3.63) is 47.3 Å². The van der Waals surface area contributed by atoms with Crippen molar-refractivity contribution >= 4 is 57.9 Å². The molecule has 0 atom stereocenters. The monoisotopic (exact) mass is 527 g/mol. The molecule has 3 rings (SSSR count). The Bertz CT molecular complexity index is 784. The van der Waals surface area contributed by atoms with Gasteiger partial charge < -0.3 is 20.4 Å². The average Bonchev–Trinajstić information content (AvgIpc) is 3.25. The van der Waals surface area contributed by atoms with Crippen LogP contribution in [-0.4, -0.2) is 50.0 Å². The number of nitrogens with zero attached hydrogens (tertiary/aromatic N) is 3. The van der Waals surface area contributed by atoms with Crippen LogP contribution in [0.2, 0.25) is 0 Å². The van der Waals surface area contributed by atoms with Gasteiger partial charge in [0.05, 0.1) is 5.00 Å². The lowest BCUT2D eigenvalue weighted by molar-refractivity contribution is -0.118. The van der Waals surface area contributed by atoms with Gasteiger partial charge in [0.15, 0.2) is 5.96 Å². The normalized spacial score (nSPS) is 14.6. The number of carbonyl (C=O) groups excluding carboxylic acids is 1. The standard InChI is InChI=1S/C21H29N5OS.HI/c1-16(2)20(27)24-18-8-6-17(7-9-18)15-23-21(22-3)26-12-10-25(11-13-26)19-5-4-14-28-19;/h4-9,14,16H,10-13,15H2,1-3H3,(H,22,23)(H,24,27);1H. The zero-order chi connectivity index (χ0) is 19.9. The largest absolute Gasteiger partial charge is 0.360 e. The lowest BCUT2D eigenvalue weighted by atomic mass is 10.1. The maximum atomic E-state index is 11.8. The Kier molecular flexibility index (Phi) is 9.22. The number of hydrogen-bond donors (Lipinski definition) is 2. The topological polar surface area (TPSA) is 60.0 Å². The lowest BCUT2D eigenvalue weighted by Gasteiger charge is -2.37. The molecule has 6 nitrogen and oxygen atoms in total. The first-order chi connectivity index (χ1) is 13.6. The number of guanidine groups is 1. The molecule has 0 aliphatic carbocycles. The Morgan fingerprint density at radius 2 is 1.83 bits per heavy atom. The summed E-state index contributed by atoms with van der Waals surface area (Å²) in [6.45, 7) is 8.40. The zero-order valence-electron chi connectivity index (χ0n) is 17.2. The number of piperazine rings is 1. The maximum Gasteiger partial charge on any atom is 0.226 e. The number of benzene rings is 1. The molecule has 0 bridgehead atoms. The highest BCUT2D eigenvalue weighted by atomic mass is 127. The first-order valence-corrected chi connectivity index (χ1v) is 10.6. The van der Waals surface area contributed by atoms with Crippen molar-refractivity contribution < 1.29 is 4.79 Å². The quantitative estimate of drug-likeness (QED) is 0.353. The molecule has 0 spiro atoms. The van der Waals surface area contributed by atoms with Crippen LogP contribution in [0.4, 0.5) is 10.7 Å². The number of rotatable bonds is 5. The molecular weight excluding hydrogens is 497 g/mol. The summed E-state index contributed by atoms with van der Waals surface area (Å²) in [6.07, 6.45) is 0. The number of anilines is 2. The fourth-order valence-corrected chi connectivity index (χ4v) is 3.88. The van der Waals surface area contributed by atoms with E-state index in [9.17, 15) is 4.79 Å². The summed E-state index contributed by atoms with van der Waals surface area (Å²) in [5.74, 6) is 0.945. The van der Waals surface area contributed by atoms with Crippen molar-refractivity contribution in [2.75, 3.05) is 43.4 Å². The van der Waals surface area contributed by atoms with E-state index in [0.29, 0.717) is 6.54 Å². The van der Waals surface area contributed by atoms with Gasteiger partial charge in [-0.3, -0.25) is 9.79 Å². The highest BCUT2D eigenvalue weighted by molar-refractivity contribution is 14.0. The van der Waals surface area contributed by atoms with E-state index in [1.807, 2.05) is 45.2 Å². The molecule has 8 heteroatoms. The van der Waals surface area contributed by atoms with E-state index >= 15 is 0 Å². The number of amides is 1. The third kappa shape index (κ3) is 6.60. The van der Waals surface area contributed by atoms with Crippen molar-refractivity contribution in [3.8, 4) is 0 Å². The van der Waals surface area contributed by atoms with Crippen LogP contribution in [0.3, 0.4) is 0 Å². The molecule has 1 aliphatic rings. The summed E-state index contributed by atoms with van der Waals surface area (Å²) >= 11 is 1.79. The molecule has 2 N–H and O–H groups in total. The van der Waals surface area contributed by atoms with Crippen LogP contribution in [0.1, 0.15) is 19.4 Å². The van der Waals surface area contributed by atoms with Crippen molar-refractivity contribution in [2.24, 2.45) is 10.9 Å². The van der Waals surface area contributed by atoms with Gasteiger partial charge in [0.25, 0.3) is 0 Å². The van der Waals surface area contributed by atoms with Gasteiger partial charge in [-0.2, -0.15) is 0 Å². The van der Waals surface area contributed by atoms with Gasteiger partial charge in [-0.1, -0.05) is 26.0 Å². The SMILES string of the molecule is CN=C(NCc1ccc(NC(=O)C(C)C)cc1)N1CCN(c2cccs2)CC1.I. The number of hydrogen-bond acceptors (Lipinski definition) is 4. The van der Waals surface area contributed by atoms with Gasteiger partial charge in [0, 0.05) is 51.4 Å². The minimum atomic E-state index is -0.0232. The molecule has 1 fully saturated rings. The molecule has 1 aliphatic heterocycles. The molecule has 29 heavy (non-hydrogen) atoms. The fraction of sp³-hybridized carbons (Fsp3) is 0.429. The average molecular weight is 527 g/mol. The van der Waals surface area contributed by atoms with Crippen molar-refractivity contribution in [3.63, 3.8) is 0 Å². The number of carbonyl (C=O) groups is 1. The summed E-state index contributed by atoms with van der Waals surface area (Å²) in [4.78, 5) is 21.0. The van der Waals surface area contributed by atoms with Crippen LogP contribution < -0.4 is 15.5 Å². The zero-order valence-corrected chi connectivity index (χ0v) is 20.4. The molecular formula is C21H30IN5OS. The van der Waals surface area contributed by atoms with Gasteiger partial charge in [-0.25, -0.2) is 0 Å². The van der Waals surface area contributed by atoms with E-state index < -0.39 is 0 Å². The van der Waals surface area contributed by atoms with E-state index in [2.05, 4.69) is 42.9 Å². The Morgan fingerprint density at radius 1 is 1.14 bits per heavy atom. The highest BCUT2D eigenvalue weighted by Crippen LogP contribution is 2.22. The summed E-state index contributed by atoms with van der Waals surface area (Å²) in [7, 11) is 1.83. The molecule has 158 valence electrons. The molecule has 1 aromatic carbocycles. The minimum absolute atomic E-state index is 0. The van der Waals surface area contributed by atoms with Crippen molar-refractivity contribution in [1.82, 2.24) is 10.2 Å². The van der Waals surface area contributed by atoms with Crippen molar-refractivity contribution in [2.45, 2.75) is 20.4 Å². The molecule has 1 saturated heterocycles. The number of halogens is 1. The summed E-state index contributed by atoms with van der Waals surface area (Å²) < 4.78 is 0. The van der Waals surface area contributed by atoms with Crippen LogP contribution >= 0.6 is 35.3 Å². The van der Waals surface area contributed by atoms with Crippen LogP contribution in [0, 0.1) is 5.92 Å². The van der Waals surface area contributed by atoms with Crippen LogP contribution in [0.5, 0.6) is 0 Å². The Labute approximate surface area is 194 Å². The first kappa shape index (κ1) is 23.5. The van der Waals surface area contributed by atoms with Gasteiger partial charge in [0.1, 0.15) is 0 Å². The summed E-state index contributed by atoms with van der Waals surface area (Å²) in [5.41, 5.74) is 1.98. The molecule has 1 amide bonds. The van der Waals surface area contributed by atoms with E-state index in [1.165, 1.54) is 5.00 Å². The van der Waals surface area contributed by atoms with Gasteiger partial charge in [-0.05, 0) is 35.2 Å². The number of nitrogens with one attached hydrogen (secondary N) is 2. The van der Waals surface area contributed by atoms with Crippen LogP contribution in [-0.2, 0) is 11.3 Å². The van der Waals surface area contributed by atoms with Gasteiger partial charge >= 0.3 is 0 Å². The van der Waals surface area contributed by atoms with Gasteiger partial charge in [-0.15, -0.1) is 35.3 Å². The Morgan fingerprint density at radius 3 is 2.38 bits per heavy atom. The Balaban J connectivity index is 0.00000300. The molecule has 0 unspecified atom stereocenters. The molecule has 0 radical (unpaired) electrons. The Hall–Kier alpha value is -1.81. The summed E-state index contributed by atoms with van der Waals surface area (Å²) in [6, 6.07) is 12.2. The highest BCUT2D eigenvalue weighted by Gasteiger charge is 2.20. The third-order valence-electron chi connectivity index (χ3n) is 4.81. The van der Waals surface area contributed by atoms with E-state index in [-0.39, 0.29) is 35.8 Å². The second-order valence-corrected chi connectivity index (χ2v) is 8.09. The second kappa shape index (κ2) is 11.4. The van der Waals surface area contributed by atoms with E-state index in [4.69, 9.17) is 0 Å². The van der Waals surface area contributed by atoms with E-state index in [0.717, 1.165) is 43.4 Å². The number of aliphatic imine (C=N–C) groups is 1. The first-order valence-electron chi connectivity index (χ1n) is 9.70. The summed E-state index contributed by atoms with van der Waals surface area (Å²) in [5, 5.41) is 9.84. The molecule has 0 saturated carbocycles. The third-order valence-corrected chi connectivity index (χ3v) is 5.73. The lowest BCUT2D eigenvalue weighted by Crippen LogP contribution is -2.52. The predicted octanol–water partition coefficient (Wildman–Crippen LogP) is 3.86. The minimum Gasteiger partial charge on any atom is -0.360 e. The van der Waals surface area contributed by atoms with Crippen molar-refractivity contribution in [1.29, 1.82) is 0 Å². The molecule has 2 aromatic rings. The predicted molar refractivity (Wildman–Crippen MR) is 134 cm³/mol. The number of thiophene rings is 1. The fourth-order valence-electron chi connectivity index (χ4n) is 3.09. The maximum absolute atomic E-state index is 11.8. The second-order valence-electron chi connectivity index (χ2n) is 7.17. The van der Waals surface area contributed by atoms with Crippen LogP contribution in [0.15, 0.2) is 46.8 Å². The molecule has 2 heterocycles. The van der Waals surface area contributed by atoms with Crippen LogP contribution in [0.25, 0.3) is 0 Å². The smallest absolute Gasteiger partial charge is 0.226 e. The van der Waals surface area contributed by atoms with E-state index in [1.54, 1.807) is 11.3 Å². The van der Waals surface area contributed by atoms with Gasteiger partial charge in [0.2, 0.25) is 5.91 Å².